The summed E-state index contributed by atoms with van der Waals surface area (Å²) < 4.78 is 27.2. The summed E-state index contributed by atoms with van der Waals surface area (Å²) in [7, 11) is -3.42. The Bertz CT molecular complexity index is 474. The molecule has 0 radical (unpaired) electrons. The topological polar surface area (TPSA) is 81.4 Å². The van der Waals surface area contributed by atoms with Crippen molar-refractivity contribution in [1.29, 1.82) is 0 Å². The lowest BCUT2D eigenvalue weighted by atomic mass is 10.1. The van der Waals surface area contributed by atoms with E-state index >= 15 is 0 Å². The molecule has 18 heavy (non-hydrogen) atoms. The van der Waals surface area contributed by atoms with Gasteiger partial charge in [-0.2, -0.15) is 0 Å². The minimum atomic E-state index is -3.42. The molecule has 0 saturated heterocycles. The molecule has 1 aromatic rings. The minimum Gasteiger partial charge on any atom is -0.494 e. The van der Waals surface area contributed by atoms with E-state index in [9.17, 15) is 8.42 Å². The van der Waals surface area contributed by atoms with Gasteiger partial charge in [-0.3, -0.25) is 0 Å². The Hall–Kier alpha value is -1.11. The Kier molecular flexibility index (Phi) is 5.58. The number of hydrogen-bond donors (Lipinski definition) is 2. The van der Waals surface area contributed by atoms with Gasteiger partial charge in [0.1, 0.15) is 5.75 Å². The monoisotopic (exact) mass is 272 g/mol. The molecule has 1 unspecified atom stereocenters. The third kappa shape index (κ3) is 5.03. The van der Waals surface area contributed by atoms with Gasteiger partial charge in [0.05, 0.1) is 12.4 Å². The summed E-state index contributed by atoms with van der Waals surface area (Å²) in [6.07, 6.45) is 0. The summed E-state index contributed by atoms with van der Waals surface area (Å²) >= 11 is 0. The van der Waals surface area contributed by atoms with Gasteiger partial charge in [-0.15, -0.1) is 0 Å². The molecular weight excluding hydrogens is 252 g/mol. The van der Waals surface area contributed by atoms with Crippen LogP contribution in [-0.4, -0.2) is 27.3 Å². The van der Waals surface area contributed by atoms with E-state index in [1.807, 2.05) is 38.1 Å². The van der Waals surface area contributed by atoms with Gasteiger partial charge < -0.3 is 10.1 Å². The first-order valence-electron chi connectivity index (χ1n) is 5.89. The molecule has 1 atom stereocenters. The fourth-order valence-corrected chi connectivity index (χ4v) is 2.06. The molecule has 6 heteroatoms. The number of sulfonamides is 1. The zero-order valence-corrected chi connectivity index (χ0v) is 11.5. The maximum Gasteiger partial charge on any atom is 0.210 e. The highest BCUT2D eigenvalue weighted by molar-refractivity contribution is 7.89. The standard InChI is InChI=1S/C12H20N2O3S/c1-3-17-12-7-5-4-6-11(12)10(2)14-8-9-18(13,15)16/h4-7,10,14H,3,8-9H2,1-2H3,(H2,13,15,16). The second-order valence-corrected chi connectivity index (χ2v) is 5.75. The van der Waals surface area contributed by atoms with Crippen molar-refractivity contribution >= 4 is 10.0 Å². The van der Waals surface area contributed by atoms with E-state index in [4.69, 9.17) is 9.88 Å². The predicted molar refractivity (Wildman–Crippen MR) is 72.0 cm³/mol. The average molecular weight is 272 g/mol. The molecule has 0 aliphatic heterocycles. The fraction of sp³-hybridized carbons (Fsp3) is 0.500. The van der Waals surface area contributed by atoms with Crippen LogP contribution in [0.2, 0.25) is 0 Å². The lowest BCUT2D eigenvalue weighted by Gasteiger charge is -2.17. The molecule has 0 aromatic heterocycles. The molecule has 0 aliphatic rings. The average Bonchev–Trinajstić information content (AvgIpc) is 2.28. The molecule has 1 aromatic carbocycles. The van der Waals surface area contributed by atoms with Crippen LogP contribution >= 0.6 is 0 Å². The third-order valence-electron chi connectivity index (χ3n) is 2.52. The Labute approximate surface area is 108 Å². The summed E-state index contributed by atoms with van der Waals surface area (Å²) in [6.45, 7) is 4.80. The summed E-state index contributed by atoms with van der Waals surface area (Å²) in [4.78, 5) is 0. The van der Waals surface area contributed by atoms with Crippen molar-refractivity contribution in [2.75, 3.05) is 18.9 Å². The summed E-state index contributed by atoms with van der Waals surface area (Å²) in [5, 5.41) is 8.06. The van der Waals surface area contributed by atoms with E-state index in [-0.39, 0.29) is 11.8 Å². The van der Waals surface area contributed by atoms with Crippen LogP contribution in [0.3, 0.4) is 0 Å². The van der Waals surface area contributed by atoms with E-state index < -0.39 is 10.0 Å². The Balaban J connectivity index is 2.63. The van der Waals surface area contributed by atoms with Crippen LogP contribution in [0.1, 0.15) is 25.5 Å². The quantitative estimate of drug-likeness (QED) is 0.776. The maximum absolute atomic E-state index is 10.8. The lowest BCUT2D eigenvalue weighted by Crippen LogP contribution is -2.29. The number of nitrogens with one attached hydrogen (secondary N) is 1. The van der Waals surface area contributed by atoms with Crippen molar-refractivity contribution < 1.29 is 13.2 Å². The molecule has 5 nitrogen and oxygen atoms in total. The van der Waals surface area contributed by atoms with Gasteiger partial charge in [-0.25, -0.2) is 13.6 Å². The van der Waals surface area contributed by atoms with Crippen LogP contribution in [-0.2, 0) is 10.0 Å². The van der Waals surface area contributed by atoms with Crippen molar-refractivity contribution in [3.05, 3.63) is 29.8 Å². The SMILES string of the molecule is CCOc1ccccc1C(C)NCCS(N)(=O)=O. The van der Waals surface area contributed by atoms with E-state index in [1.165, 1.54) is 0 Å². The molecule has 0 aliphatic carbocycles. The number of nitrogens with two attached hydrogens (primary N) is 1. The Morgan fingerprint density at radius 1 is 1.39 bits per heavy atom. The first-order valence-corrected chi connectivity index (χ1v) is 7.61. The fourth-order valence-electron chi connectivity index (χ4n) is 1.65. The van der Waals surface area contributed by atoms with Gasteiger partial charge in [-0.1, -0.05) is 18.2 Å². The van der Waals surface area contributed by atoms with E-state index in [0.717, 1.165) is 11.3 Å². The van der Waals surface area contributed by atoms with E-state index in [1.54, 1.807) is 0 Å². The number of hydrogen-bond acceptors (Lipinski definition) is 4. The molecule has 0 saturated carbocycles. The molecule has 0 bridgehead atoms. The maximum atomic E-state index is 10.8. The van der Waals surface area contributed by atoms with Crippen LogP contribution in [0, 0.1) is 0 Å². The predicted octanol–water partition coefficient (Wildman–Crippen LogP) is 1.02. The van der Waals surface area contributed by atoms with E-state index in [2.05, 4.69) is 5.32 Å². The summed E-state index contributed by atoms with van der Waals surface area (Å²) in [5.74, 6) is 0.740. The molecule has 0 amide bonds. The normalized spacial score (nSPS) is 13.3. The lowest BCUT2D eigenvalue weighted by molar-refractivity contribution is 0.332. The highest BCUT2D eigenvalue weighted by atomic mass is 32.2. The Morgan fingerprint density at radius 3 is 2.67 bits per heavy atom. The molecule has 0 fully saturated rings. The van der Waals surface area contributed by atoms with Crippen LogP contribution in [0.15, 0.2) is 24.3 Å². The molecule has 0 spiro atoms. The van der Waals surface area contributed by atoms with Crippen LogP contribution in [0.4, 0.5) is 0 Å². The molecule has 102 valence electrons. The van der Waals surface area contributed by atoms with Crippen molar-refractivity contribution in [3.63, 3.8) is 0 Å². The highest BCUT2D eigenvalue weighted by Gasteiger charge is 2.11. The second-order valence-electron chi connectivity index (χ2n) is 4.01. The number of ether oxygens (including phenoxy) is 1. The zero-order valence-electron chi connectivity index (χ0n) is 10.7. The molecule has 0 heterocycles. The molecule has 1 rings (SSSR count). The van der Waals surface area contributed by atoms with Crippen LogP contribution in [0.25, 0.3) is 0 Å². The third-order valence-corrected chi connectivity index (χ3v) is 3.30. The Morgan fingerprint density at radius 2 is 2.06 bits per heavy atom. The minimum absolute atomic E-state index is 0.00880. The summed E-state index contributed by atoms with van der Waals surface area (Å²) in [6, 6.07) is 7.70. The van der Waals surface area contributed by atoms with Gasteiger partial charge in [-0.05, 0) is 19.9 Å². The highest BCUT2D eigenvalue weighted by Crippen LogP contribution is 2.24. The van der Waals surface area contributed by atoms with Gasteiger partial charge >= 0.3 is 0 Å². The van der Waals surface area contributed by atoms with E-state index in [0.29, 0.717) is 13.2 Å². The molecule has 3 N–H and O–H groups in total. The number of para-hydroxylation sites is 1. The van der Waals surface area contributed by atoms with Crippen molar-refractivity contribution in [2.24, 2.45) is 5.14 Å². The van der Waals surface area contributed by atoms with Gasteiger partial charge in [0.25, 0.3) is 0 Å². The van der Waals surface area contributed by atoms with Gasteiger partial charge in [0.15, 0.2) is 0 Å². The molecular formula is C12H20N2O3S. The summed E-state index contributed by atoms with van der Waals surface area (Å²) in [5.41, 5.74) is 1.01. The number of primary sulfonamides is 1. The smallest absolute Gasteiger partial charge is 0.210 e. The number of rotatable bonds is 7. The van der Waals surface area contributed by atoms with Gasteiger partial charge in [0.2, 0.25) is 10.0 Å². The van der Waals surface area contributed by atoms with Crippen molar-refractivity contribution in [3.8, 4) is 5.75 Å². The van der Waals surface area contributed by atoms with Crippen molar-refractivity contribution in [1.82, 2.24) is 5.32 Å². The number of benzene rings is 1. The first kappa shape index (κ1) is 14.9. The second kappa shape index (κ2) is 6.72. The van der Waals surface area contributed by atoms with Gasteiger partial charge in [0, 0.05) is 18.2 Å². The largest absolute Gasteiger partial charge is 0.494 e. The van der Waals surface area contributed by atoms with Crippen molar-refractivity contribution in [2.45, 2.75) is 19.9 Å². The zero-order chi connectivity index (χ0) is 13.6. The first-order chi connectivity index (χ1) is 8.44. The van der Waals surface area contributed by atoms with Crippen LogP contribution in [0.5, 0.6) is 5.75 Å². The van der Waals surface area contributed by atoms with Crippen LogP contribution < -0.4 is 15.2 Å².